The number of thiazole rings is 1. The van der Waals surface area contributed by atoms with E-state index < -0.39 is 5.97 Å². The second kappa shape index (κ2) is 5.20. The number of methoxy groups -OCH3 is 2. The van der Waals surface area contributed by atoms with E-state index in [0.29, 0.717) is 22.2 Å². The lowest BCUT2D eigenvalue weighted by Gasteiger charge is -2.34. The predicted molar refractivity (Wildman–Crippen MR) is 65.9 cm³/mol. The van der Waals surface area contributed by atoms with E-state index in [-0.39, 0.29) is 5.15 Å². The van der Waals surface area contributed by atoms with Gasteiger partial charge in [0.15, 0.2) is 15.2 Å². The molecule has 0 amide bonds. The smallest absolute Gasteiger partial charge is 0.351 e. The van der Waals surface area contributed by atoms with Crippen molar-refractivity contribution in [2.75, 3.05) is 19.5 Å². The normalized spacial score (nSPS) is 23.0. The number of anilines is 1. The van der Waals surface area contributed by atoms with Gasteiger partial charge in [0.2, 0.25) is 0 Å². The van der Waals surface area contributed by atoms with Gasteiger partial charge in [0.25, 0.3) is 0 Å². The monoisotopic (exact) mass is 276 g/mol. The second-order valence-electron chi connectivity index (χ2n) is 3.80. The summed E-state index contributed by atoms with van der Waals surface area (Å²) in [4.78, 5) is 15.7. The van der Waals surface area contributed by atoms with Gasteiger partial charge in [-0.05, 0) is 12.8 Å². The summed E-state index contributed by atoms with van der Waals surface area (Å²) in [6.07, 6.45) is 2.21. The van der Waals surface area contributed by atoms with Crippen molar-refractivity contribution in [3.8, 4) is 0 Å². The molecular weight excluding hydrogens is 264 g/mol. The summed E-state index contributed by atoms with van der Waals surface area (Å²) in [5, 5.41) is 4.05. The molecule has 0 saturated heterocycles. The molecule has 1 aromatic heterocycles. The number of aromatic nitrogens is 1. The van der Waals surface area contributed by atoms with E-state index in [9.17, 15) is 4.79 Å². The molecule has 7 heteroatoms. The van der Waals surface area contributed by atoms with E-state index in [2.05, 4.69) is 15.0 Å². The fourth-order valence-electron chi connectivity index (χ4n) is 1.63. The Morgan fingerprint density at radius 3 is 2.82 bits per heavy atom. The molecule has 0 atom stereocenters. The molecule has 94 valence electrons. The molecule has 0 spiro atoms. The first-order chi connectivity index (χ1) is 8.13. The molecule has 17 heavy (non-hydrogen) atoms. The van der Waals surface area contributed by atoms with Crippen LogP contribution in [0.4, 0.5) is 5.13 Å². The van der Waals surface area contributed by atoms with Crippen LogP contribution >= 0.6 is 22.9 Å². The SMILES string of the molecule is COC(=O)c1sc(NC2CC(OC)C2)nc1Cl. The first-order valence-corrected chi connectivity index (χ1v) is 6.37. The minimum atomic E-state index is -0.455. The Kier molecular flexibility index (Phi) is 3.86. The first kappa shape index (κ1) is 12.6. The number of nitrogens with zero attached hydrogens (tertiary/aromatic N) is 1. The highest BCUT2D eigenvalue weighted by atomic mass is 35.5. The highest BCUT2D eigenvalue weighted by Gasteiger charge is 2.30. The molecule has 2 rings (SSSR count). The highest BCUT2D eigenvalue weighted by Crippen LogP contribution is 2.31. The summed E-state index contributed by atoms with van der Waals surface area (Å²) in [5.41, 5.74) is 0. The maximum Gasteiger partial charge on any atom is 0.351 e. The summed E-state index contributed by atoms with van der Waals surface area (Å²) in [6.45, 7) is 0. The van der Waals surface area contributed by atoms with Gasteiger partial charge >= 0.3 is 5.97 Å². The average molecular weight is 277 g/mol. The van der Waals surface area contributed by atoms with Crippen LogP contribution in [-0.4, -0.2) is 37.3 Å². The third-order valence-electron chi connectivity index (χ3n) is 2.71. The van der Waals surface area contributed by atoms with Crippen LogP contribution in [0.25, 0.3) is 0 Å². The average Bonchev–Trinajstić information content (AvgIpc) is 2.63. The van der Waals surface area contributed by atoms with E-state index in [1.165, 1.54) is 18.4 Å². The largest absolute Gasteiger partial charge is 0.465 e. The second-order valence-corrected chi connectivity index (χ2v) is 5.16. The maximum atomic E-state index is 11.3. The standard InChI is InChI=1S/C10H13ClN2O3S/c1-15-6-3-5(4-6)12-10-13-8(11)7(17-10)9(14)16-2/h5-6H,3-4H2,1-2H3,(H,12,13). The zero-order chi connectivity index (χ0) is 12.4. The number of rotatable bonds is 4. The quantitative estimate of drug-likeness (QED) is 0.854. The molecule has 0 unspecified atom stereocenters. The summed E-state index contributed by atoms with van der Waals surface area (Å²) in [5.74, 6) is -0.455. The number of esters is 1. The molecule has 0 aliphatic heterocycles. The summed E-state index contributed by atoms with van der Waals surface area (Å²) >= 11 is 7.06. The molecule has 1 aliphatic carbocycles. The number of nitrogens with one attached hydrogen (secondary N) is 1. The van der Waals surface area contributed by atoms with Crippen molar-refractivity contribution in [3.63, 3.8) is 0 Å². The van der Waals surface area contributed by atoms with Crippen molar-refractivity contribution in [2.24, 2.45) is 0 Å². The van der Waals surface area contributed by atoms with Gasteiger partial charge in [-0.3, -0.25) is 0 Å². The van der Waals surface area contributed by atoms with Crippen molar-refractivity contribution in [1.82, 2.24) is 4.98 Å². The van der Waals surface area contributed by atoms with Crippen LogP contribution in [0.5, 0.6) is 0 Å². The lowest BCUT2D eigenvalue weighted by atomic mass is 9.89. The maximum absolute atomic E-state index is 11.3. The summed E-state index contributed by atoms with van der Waals surface area (Å²) in [7, 11) is 3.02. The number of carbonyl (C=O) groups is 1. The molecular formula is C10H13ClN2O3S. The Morgan fingerprint density at radius 1 is 1.53 bits per heavy atom. The van der Waals surface area contributed by atoms with Crippen LogP contribution in [0, 0.1) is 0 Å². The highest BCUT2D eigenvalue weighted by molar-refractivity contribution is 7.18. The molecule has 1 N–H and O–H groups in total. The Morgan fingerprint density at radius 2 is 2.24 bits per heavy atom. The van der Waals surface area contributed by atoms with E-state index in [1.54, 1.807) is 7.11 Å². The van der Waals surface area contributed by atoms with Crippen LogP contribution < -0.4 is 5.32 Å². The minimum absolute atomic E-state index is 0.187. The summed E-state index contributed by atoms with van der Waals surface area (Å²) in [6, 6.07) is 0.340. The van der Waals surface area contributed by atoms with E-state index in [1.807, 2.05) is 0 Å². The van der Waals surface area contributed by atoms with E-state index >= 15 is 0 Å². The molecule has 1 aliphatic rings. The van der Waals surface area contributed by atoms with Crippen LogP contribution in [0.15, 0.2) is 0 Å². The zero-order valence-corrected chi connectivity index (χ0v) is 11.1. The molecule has 1 fully saturated rings. The van der Waals surface area contributed by atoms with Crippen LogP contribution in [-0.2, 0) is 9.47 Å². The van der Waals surface area contributed by atoms with Gasteiger partial charge in [-0.25, -0.2) is 9.78 Å². The van der Waals surface area contributed by atoms with E-state index in [4.69, 9.17) is 16.3 Å². The van der Waals surface area contributed by atoms with Gasteiger partial charge in [0.05, 0.1) is 13.2 Å². The van der Waals surface area contributed by atoms with Gasteiger partial charge in [0, 0.05) is 13.2 Å². The summed E-state index contributed by atoms with van der Waals surface area (Å²) < 4.78 is 9.79. The topological polar surface area (TPSA) is 60.5 Å². The Balaban J connectivity index is 1.96. The molecule has 1 saturated carbocycles. The Labute approximate surface area is 108 Å². The number of hydrogen-bond acceptors (Lipinski definition) is 6. The first-order valence-electron chi connectivity index (χ1n) is 5.18. The van der Waals surface area contributed by atoms with Gasteiger partial charge in [-0.15, -0.1) is 0 Å². The van der Waals surface area contributed by atoms with Crippen LogP contribution in [0.1, 0.15) is 22.5 Å². The number of ether oxygens (including phenoxy) is 2. The lowest BCUT2D eigenvalue weighted by molar-refractivity contribution is 0.0328. The number of hydrogen-bond donors (Lipinski definition) is 1. The van der Waals surface area contributed by atoms with Crippen molar-refractivity contribution >= 4 is 34.0 Å². The van der Waals surface area contributed by atoms with Crippen molar-refractivity contribution < 1.29 is 14.3 Å². The van der Waals surface area contributed by atoms with Gasteiger partial charge in [-0.2, -0.15) is 0 Å². The molecule has 0 radical (unpaired) electrons. The van der Waals surface area contributed by atoms with Crippen LogP contribution in [0.3, 0.4) is 0 Å². The van der Waals surface area contributed by atoms with Crippen molar-refractivity contribution in [3.05, 3.63) is 10.0 Å². The van der Waals surface area contributed by atoms with Gasteiger partial charge in [0.1, 0.15) is 0 Å². The van der Waals surface area contributed by atoms with E-state index in [0.717, 1.165) is 12.8 Å². The number of carbonyl (C=O) groups excluding carboxylic acids is 1. The molecule has 0 bridgehead atoms. The van der Waals surface area contributed by atoms with Crippen molar-refractivity contribution in [2.45, 2.75) is 25.0 Å². The van der Waals surface area contributed by atoms with Gasteiger partial charge < -0.3 is 14.8 Å². The fraction of sp³-hybridized carbons (Fsp3) is 0.600. The zero-order valence-electron chi connectivity index (χ0n) is 9.53. The fourth-order valence-corrected chi connectivity index (χ4v) is 2.81. The molecule has 0 aromatic carbocycles. The predicted octanol–water partition coefficient (Wildman–Crippen LogP) is 2.17. The lowest BCUT2D eigenvalue weighted by Crippen LogP contribution is -2.40. The minimum Gasteiger partial charge on any atom is -0.465 e. The Bertz CT molecular complexity index is 418. The Hall–Kier alpha value is -0.850. The van der Waals surface area contributed by atoms with Crippen LogP contribution in [0.2, 0.25) is 5.15 Å². The molecule has 5 nitrogen and oxygen atoms in total. The van der Waals surface area contributed by atoms with Crippen molar-refractivity contribution in [1.29, 1.82) is 0 Å². The third kappa shape index (κ3) is 2.70. The van der Waals surface area contributed by atoms with Gasteiger partial charge in [-0.1, -0.05) is 22.9 Å². The number of halogens is 1. The molecule has 1 heterocycles. The molecule has 1 aromatic rings. The third-order valence-corrected chi connectivity index (χ3v) is 4.06.